The van der Waals surface area contributed by atoms with Crippen LogP contribution in [-0.4, -0.2) is 75.5 Å². The van der Waals surface area contributed by atoms with Crippen molar-refractivity contribution in [2.45, 2.75) is 167 Å². The Morgan fingerprint density at radius 1 is 0.525 bits per heavy atom. The molecule has 0 bridgehead atoms. The molecule has 0 N–H and O–H groups in total. The molecule has 2 atom stereocenters. The van der Waals surface area contributed by atoms with Crippen molar-refractivity contribution in [3.05, 3.63) is 97.2 Å². The number of hydrogen-bond acceptors (Lipinski definition) is 7. The average Bonchev–Trinajstić information content (AvgIpc) is 3.19. The first kappa shape index (κ1) is 55.2. The summed E-state index contributed by atoms with van der Waals surface area (Å²) in [7, 11) is 5.38. The highest BCUT2D eigenvalue weighted by Crippen LogP contribution is 2.14. The maximum atomic E-state index is 12.7. The van der Waals surface area contributed by atoms with Gasteiger partial charge in [0.2, 0.25) is 0 Å². The first-order valence-corrected chi connectivity index (χ1v) is 22.8. The fourth-order valence-electron chi connectivity index (χ4n) is 6.11. The molecule has 0 aliphatic rings. The third-order valence-electron chi connectivity index (χ3n) is 9.59. The lowest BCUT2D eigenvalue weighted by Crippen LogP contribution is -2.55. The van der Waals surface area contributed by atoms with Gasteiger partial charge in [-0.05, 0) is 64.2 Å². The first-order chi connectivity index (χ1) is 28.6. The number of unbranched alkanes of at least 4 members (excludes halogenated alkanes) is 13. The van der Waals surface area contributed by atoms with E-state index in [-0.39, 0.29) is 49.1 Å². The Balaban J connectivity index is 4.38. The van der Waals surface area contributed by atoms with Crippen LogP contribution in [0.25, 0.3) is 0 Å². The zero-order chi connectivity index (χ0) is 43.5. The summed E-state index contributed by atoms with van der Waals surface area (Å²) >= 11 is 0. The van der Waals surface area contributed by atoms with Crippen molar-refractivity contribution in [2.24, 2.45) is 0 Å². The van der Waals surface area contributed by atoms with Crippen molar-refractivity contribution in [3.8, 4) is 0 Å². The van der Waals surface area contributed by atoms with Gasteiger partial charge in [0.15, 0.2) is 6.10 Å². The summed E-state index contributed by atoms with van der Waals surface area (Å²) in [5.74, 6) is -1.81. The van der Waals surface area contributed by atoms with Crippen LogP contribution < -0.4 is 5.11 Å². The quantitative estimate of drug-likeness (QED) is 0.0200. The number of carbonyl (C=O) groups is 3. The van der Waals surface area contributed by atoms with E-state index in [0.717, 1.165) is 64.2 Å². The summed E-state index contributed by atoms with van der Waals surface area (Å²) in [5, 5.41) is 11.6. The second kappa shape index (κ2) is 41.0. The standard InChI is InChI=1S/C51H83NO7/c1-6-8-10-12-14-16-18-20-22-23-24-25-26-28-29-31-33-35-37-39-41-49(53)58-46-47(45-57-44-43-48(51(55)56)52(3,4)5)59-50(54)42-40-38-36-34-32-30-27-21-19-17-15-13-11-9-7-2/h8-11,13-17,19-22,27,30,32,47-48H,6-7,12,18,23-26,28-29,31,33-46H2,1-5H3/b10-8+,11-9+,15-13+,16-14+,19-17+,22-20+,27-21+,32-30+. The summed E-state index contributed by atoms with van der Waals surface area (Å²) in [6.45, 7) is 4.34. The third-order valence-corrected chi connectivity index (χ3v) is 9.59. The lowest BCUT2D eigenvalue weighted by atomic mass is 10.1. The van der Waals surface area contributed by atoms with Crippen LogP contribution in [0.1, 0.15) is 155 Å². The fourth-order valence-corrected chi connectivity index (χ4v) is 6.11. The second-order valence-electron chi connectivity index (χ2n) is 16.0. The summed E-state index contributed by atoms with van der Waals surface area (Å²) in [6.07, 6.45) is 54.3. The van der Waals surface area contributed by atoms with Crippen molar-refractivity contribution >= 4 is 17.9 Å². The van der Waals surface area contributed by atoms with Crippen molar-refractivity contribution in [2.75, 3.05) is 41.0 Å². The second-order valence-corrected chi connectivity index (χ2v) is 16.0. The number of carboxylic acids is 1. The van der Waals surface area contributed by atoms with Gasteiger partial charge >= 0.3 is 11.9 Å². The van der Waals surface area contributed by atoms with E-state index in [0.29, 0.717) is 12.8 Å². The number of carboxylic acid groups (broad SMARTS) is 1. The molecule has 334 valence electrons. The molecule has 0 fully saturated rings. The molecule has 0 spiro atoms. The number of carbonyl (C=O) groups excluding carboxylic acids is 3. The first-order valence-electron chi connectivity index (χ1n) is 22.8. The van der Waals surface area contributed by atoms with E-state index in [2.05, 4.69) is 62.5 Å². The Morgan fingerprint density at radius 3 is 1.54 bits per heavy atom. The van der Waals surface area contributed by atoms with Crippen molar-refractivity contribution in [3.63, 3.8) is 0 Å². The number of nitrogens with zero attached hydrogens (tertiary/aromatic N) is 1. The molecule has 2 unspecified atom stereocenters. The number of likely N-dealkylation sites (N-methyl/N-ethyl adjacent to an activating group) is 1. The third kappa shape index (κ3) is 39.5. The van der Waals surface area contributed by atoms with Crippen LogP contribution >= 0.6 is 0 Å². The molecule has 0 aromatic rings. The van der Waals surface area contributed by atoms with E-state index >= 15 is 0 Å². The molecule has 0 rings (SSSR count). The molecular weight excluding hydrogens is 739 g/mol. The predicted octanol–water partition coefficient (Wildman–Crippen LogP) is 11.4. The van der Waals surface area contributed by atoms with Gasteiger partial charge < -0.3 is 28.6 Å². The largest absolute Gasteiger partial charge is 0.544 e. The van der Waals surface area contributed by atoms with Gasteiger partial charge in [0, 0.05) is 19.3 Å². The monoisotopic (exact) mass is 822 g/mol. The molecule has 0 aliphatic heterocycles. The fraction of sp³-hybridized carbons (Fsp3) is 0.627. The topological polar surface area (TPSA) is 102 Å². The van der Waals surface area contributed by atoms with Crippen molar-refractivity contribution < 1.29 is 38.2 Å². The van der Waals surface area contributed by atoms with Crippen LogP contribution in [0.5, 0.6) is 0 Å². The van der Waals surface area contributed by atoms with E-state index in [1.165, 1.54) is 51.4 Å². The molecule has 0 aromatic carbocycles. The number of aliphatic carboxylic acids is 1. The normalized spacial score (nSPS) is 13.8. The van der Waals surface area contributed by atoms with Crippen LogP contribution in [0.2, 0.25) is 0 Å². The minimum atomic E-state index is -1.14. The Morgan fingerprint density at radius 2 is 0.983 bits per heavy atom. The van der Waals surface area contributed by atoms with E-state index in [1.807, 2.05) is 48.6 Å². The Bertz CT molecular complexity index is 1280. The van der Waals surface area contributed by atoms with Crippen molar-refractivity contribution in [1.82, 2.24) is 0 Å². The maximum Gasteiger partial charge on any atom is 0.306 e. The number of esters is 2. The van der Waals surface area contributed by atoms with Crippen LogP contribution in [0.3, 0.4) is 0 Å². The summed E-state index contributed by atoms with van der Waals surface area (Å²) in [6, 6.07) is -0.740. The van der Waals surface area contributed by atoms with Crippen LogP contribution in [0, 0.1) is 0 Å². The molecule has 0 amide bonds. The Kier molecular flexibility index (Phi) is 38.4. The van der Waals surface area contributed by atoms with E-state index < -0.39 is 18.1 Å². The minimum Gasteiger partial charge on any atom is -0.544 e. The Labute approximate surface area is 360 Å². The van der Waals surface area contributed by atoms with E-state index in [1.54, 1.807) is 21.1 Å². The average molecular weight is 822 g/mol. The highest BCUT2D eigenvalue weighted by molar-refractivity contribution is 5.70. The molecule has 8 heteroatoms. The number of quaternary nitrogens is 1. The van der Waals surface area contributed by atoms with Gasteiger partial charge in [-0.25, -0.2) is 0 Å². The highest BCUT2D eigenvalue weighted by atomic mass is 16.6. The van der Waals surface area contributed by atoms with Gasteiger partial charge in [-0.2, -0.15) is 0 Å². The zero-order valence-electron chi connectivity index (χ0n) is 37.9. The van der Waals surface area contributed by atoms with E-state index in [9.17, 15) is 19.5 Å². The van der Waals surface area contributed by atoms with Crippen LogP contribution in [-0.2, 0) is 28.6 Å². The lowest BCUT2D eigenvalue weighted by Gasteiger charge is -2.34. The van der Waals surface area contributed by atoms with Gasteiger partial charge in [-0.15, -0.1) is 0 Å². The maximum absolute atomic E-state index is 12.7. The predicted molar refractivity (Wildman–Crippen MR) is 245 cm³/mol. The summed E-state index contributed by atoms with van der Waals surface area (Å²) < 4.78 is 17.1. The molecule has 0 heterocycles. The van der Waals surface area contributed by atoms with Gasteiger partial charge in [-0.1, -0.05) is 169 Å². The molecular formula is C51H83NO7. The van der Waals surface area contributed by atoms with E-state index in [4.69, 9.17) is 14.2 Å². The molecule has 0 saturated carbocycles. The molecule has 0 aliphatic carbocycles. The number of rotatable bonds is 39. The number of ether oxygens (including phenoxy) is 3. The minimum absolute atomic E-state index is 0.0160. The van der Waals surface area contributed by atoms with Gasteiger partial charge in [-0.3, -0.25) is 9.59 Å². The molecule has 8 nitrogen and oxygen atoms in total. The number of hydrogen-bond donors (Lipinski definition) is 0. The summed E-state index contributed by atoms with van der Waals surface area (Å²) in [4.78, 5) is 36.9. The van der Waals surface area contributed by atoms with Gasteiger partial charge in [0.05, 0.1) is 40.3 Å². The Hall–Kier alpha value is -3.75. The smallest absolute Gasteiger partial charge is 0.306 e. The highest BCUT2D eigenvalue weighted by Gasteiger charge is 2.25. The lowest BCUT2D eigenvalue weighted by molar-refractivity contribution is -0.889. The van der Waals surface area contributed by atoms with Crippen LogP contribution in [0.15, 0.2) is 97.2 Å². The molecule has 0 saturated heterocycles. The van der Waals surface area contributed by atoms with Gasteiger partial charge in [0.25, 0.3) is 0 Å². The molecule has 0 radical (unpaired) electrons. The van der Waals surface area contributed by atoms with Gasteiger partial charge in [0.1, 0.15) is 12.6 Å². The molecule has 0 aromatic heterocycles. The number of allylic oxidation sites excluding steroid dienone is 16. The SMILES string of the molecule is CC/C=C/C=C/C=C/C=C/C=C/CCCCCC(=O)OC(COCCC(C(=O)[O-])[N+](C)(C)C)COC(=O)CCCCCCCCCCCC/C=C/C/C=C/C/C=C/CC. The summed E-state index contributed by atoms with van der Waals surface area (Å²) in [5.41, 5.74) is 0. The van der Waals surface area contributed by atoms with Crippen LogP contribution in [0.4, 0.5) is 0 Å². The zero-order valence-corrected chi connectivity index (χ0v) is 37.9. The van der Waals surface area contributed by atoms with Crippen molar-refractivity contribution in [1.29, 1.82) is 0 Å². The molecule has 59 heavy (non-hydrogen) atoms.